The van der Waals surface area contributed by atoms with Crippen LogP contribution in [-0.4, -0.2) is 13.7 Å². The Morgan fingerprint density at radius 1 is 1.54 bits per heavy atom. The molecule has 1 aromatic rings. The molecule has 1 unspecified atom stereocenters. The molecule has 0 saturated carbocycles. The molecule has 3 heteroatoms. The lowest BCUT2D eigenvalue weighted by Gasteiger charge is -2.11. The summed E-state index contributed by atoms with van der Waals surface area (Å²) in [6, 6.07) is 6.11. The number of rotatable bonds is 2. The van der Waals surface area contributed by atoms with Crippen molar-refractivity contribution in [3.63, 3.8) is 0 Å². The van der Waals surface area contributed by atoms with E-state index >= 15 is 0 Å². The van der Waals surface area contributed by atoms with Crippen molar-refractivity contribution in [2.45, 2.75) is 12.6 Å². The highest BCUT2D eigenvalue weighted by molar-refractivity contribution is 5.40. The number of nitrogens with one attached hydrogen (secondary N) is 1. The first kappa shape index (κ1) is 8.53. The highest BCUT2D eigenvalue weighted by Gasteiger charge is 2.13. The SMILES string of the molecule is CNC(N)c1ccc2c(c1)CCO2. The number of hydrogen-bond acceptors (Lipinski definition) is 3. The van der Waals surface area contributed by atoms with E-state index < -0.39 is 0 Å². The van der Waals surface area contributed by atoms with Gasteiger partial charge in [0.25, 0.3) is 0 Å². The van der Waals surface area contributed by atoms with Gasteiger partial charge in [-0.3, -0.25) is 0 Å². The van der Waals surface area contributed by atoms with Gasteiger partial charge in [0.1, 0.15) is 5.75 Å². The Morgan fingerprint density at radius 2 is 2.38 bits per heavy atom. The van der Waals surface area contributed by atoms with Crippen LogP contribution in [-0.2, 0) is 6.42 Å². The average molecular weight is 178 g/mol. The van der Waals surface area contributed by atoms with Crippen LogP contribution in [0.4, 0.5) is 0 Å². The van der Waals surface area contributed by atoms with E-state index in [0.29, 0.717) is 0 Å². The Kier molecular flexibility index (Phi) is 2.20. The van der Waals surface area contributed by atoms with Crippen LogP contribution < -0.4 is 15.8 Å². The molecule has 0 radical (unpaired) electrons. The van der Waals surface area contributed by atoms with Crippen molar-refractivity contribution < 1.29 is 4.74 Å². The van der Waals surface area contributed by atoms with Gasteiger partial charge in [-0.25, -0.2) is 0 Å². The molecule has 1 aliphatic rings. The summed E-state index contributed by atoms with van der Waals surface area (Å²) in [5.41, 5.74) is 8.22. The maximum Gasteiger partial charge on any atom is 0.122 e. The molecule has 0 spiro atoms. The minimum atomic E-state index is -0.0779. The van der Waals surface area contributed by atoms with Gasteiger partial charge in [-0.1, -0.05) is 6.07 Å². The zero-order valence-electron chi connectivity index (χ0n) is 7.71. The lowest BCUT2D eigenvalue weighted by atomic mass is 10.1. The predicted molar refractivity (Wildman–Crippen MR) is 51.6 cm³/mol. The highest BCUT2D eigenvalue weighted by Crippen LogP contribution is 2.26. The molecule has 0 bridgehead atoms. The van der Waals surface area contributed by atoms with E-state index in [1.807, 2.05) is 19.2 Å². The minimum absolute atomic E-state index is 0.0779. The summed E-state index contributed by atoms with van der Waals surface area (Å²) in [7, 11) is 1.86. The van der Waals surface area contributed by atoms with Gasteiger partial charge in [-0.15, -0.1) is 0 Å². The van der Waals surface area contributed by atoms with E-state index in [4.69, 9.17) is 10.5 Å². The lowest BCUT2D eigenvalue weighted by Crippen LogP contribution is -2.24. The molecule has 1 aromatic carbocycles. The molecule has 1 heterocycles. The quantitative estimate of drug-likeness (QED) is 0.658. The molecule has 0 fully saturated rings. The summed E-state index contributed by atoms with van der Waals surface area (Å²) >= 11 is 0. The van der Waals surface area contributed by atoms with Crippen LogP contribution >= 0.6 is 0 Å². The van der Waals surface area contributed by atoms with Crippen molar-refractivity contribution in [1.29, 1.82) is 0 Å². The van der Waals surface area contributed by atoms with Crippen LogP contribution in [0.15, 0.2) is 18.2 Å². The summed E-state index contributed by atoms with van der Waals surface area (Å²) in [4.78, 5) is 0. The molecule has 13 heavy (non-hydrogen) atoms. The van der Waals surface area contributed by atoms with Crippen molar-refractivity contribution >= 4 is 0 Å². The highest BCUT2D eigenvalue weighted by atomic mass is 16.5. The van der Waals surface area contributed by atoms with Gasteiger partial charge in [0.15, 0.2) is 0 Å². The Hall–Kier alpha value is -1.06. The third-order valence-corrected chi connectivity index (χ3v) is 2.38. The summed E-state index contributed by atoms with van der Waals surface area (Å²) in [5.74, 6) is 1.01. The van der Waals surface area contributed by atoms with Crippen molar-refractivity contribution in [3.05, 3.63) is 29.3 Å². The molecular formula is C10H14N2O. The molecule has 0 aliphatic carbocycles. The van der Waals surface area contributed by atoms with Gasteiger partial charge >= 0.3 is 0 Å². The first-order valence-electron chi connectivity index (χ1n) is 4.50. The molecule has 0 amide bonds. The Labute approximate surface area is 77.9 Å². The second-order valence-electron chi connectivity index (χ2n) is 3.23. The Balaban J connectivity index is 2.30. The molecule has 3 N–H and O–H groups in total. The van der Waals surface area contributed by atoms with Gasteiger partial charge < -0.3 is 15.8 Å². The monoisotopic (exact) mass is 178 g/mol. The third-order valence-electron chi connectivity index (χ3n) is 2.38. The molecule has 1 aliphatic heterocycles. The fourth-order valence-corrected chi connectivity index (χ4v) is 1.57. The number of benzene rings is 1. The molecule has 3 nitrogen and oxygen atoms in total. The summed E-state index contributed by atoms with van der Waals surface area (Å²) in [6.07, 6.45) is 0.922. The van der Waals surface area contributed by atoms with Crippen LogP contribution in [0.5, 0.6) is 5.75 Å². The largest absolute Gasteiger partial charge is 0.493 e. The maximum absolute atomic E-state index is 5.84. The average Bonchev–Trinajstić information content (AvgIpc) is 2.63. The third kappa shape index (κ3) is 1.53. The smallest absolute Gasteiger partial charge is 0.122 e. The predicted octanol–water partition coefficient (Wildman–Crippen LogP) is 0.798. The fourth-order valence-electron chi connectivity index (χ4n) is 1.57. The van der Waals surface area contributed by atoms with Gasteiger partial charge in [-0.2, -0.15) is 0 Å². The topological polar surface area (TPSA) is 47.3 Å². The van der Waals surface area contributed by atoms with E-state index in [2.05, 4.69) is 11.4 Å². The number of nitrogens with two attached hydrogens (primary N) is 1. The molecular weight excluding hydrogens is 164 g/mol. The summed E-state index contributed by atoms with van der Waals surface area (Å²) in [5, 5.41) is 3.01. The van der Waals surface area contributed by atoms with Gasteiger partial charge in [0.05, 0.1) is 12.8 Å². The van der Waals surface area contributed by atoms with Crippen LogP contribution in [0.25, 0.3) is 0 Å². The van der Waals surface area contributed by atoms with Crippen molar-refractivity contribution in [1.82, 2.24) is 5.32 Å². The second kappa shape index (κ2) is 3.36. The van der Waals surface area contributed by atoms with E-state index in [-0.39, 0.29) is 6.17 Å². The number of hydrogen-bond donors (Lipinski definition) is 2. The maximum atomic E-state index is 5.84. The summed E-state index contributed by atoms with van der Waals surface area (Å²) < 4.78 is 5.41. The van der Waals surface area contributed by atoms with Crippen molar-refractivity contribution in [2.24, 2.45) is 5.73 Å². The molecule has 2 rings (SSSR count). The van der Waals surface area contributed by atoms with Crippen LogP contribution in [0.1, 0.15) is 17.3 Å². The van der Waals surface area contributed by atoms with Crippen LogP contribution in [0, 0.1) is 0 Å². The number of ether oxygens (including phenoxy) is 1. The van der Waals surface area contributed by atoms with E-state index in [9.17, 15) is 0 Å². The van der Waals surface area contributed by atoms with E-state index in [1.54, 1.807) is 0 Å². The van der Waals surface area contributed by atoms with Gasteiger partial charge in [0, 0.05) is 6.42 Å². The second-order valence-corrected chi connectivity index (χ2v) is 3.23. The number of fused-ring (bicyclic) bond motifs is 1. The molecule has 0 saturated heterocycles. The lowest BCUT2D eigenvalue weighted by molar-refractivity contribution is 0.356. The first-order valence-corrected chi connectivity index (χ1v) is 4.50. The Morgan fingerprint density at radius 3 is 3.15 bits per heavy atom. The van der Waals surface area contributed by atoms with Crippen molar-refractivity contribution in [2.75, 3.05) is 13.7 Å². The van der Waals surface area contributed by atoms with E-state index in [1.165, 1.54) is 5.56 Å². The normalized spacial score (nSPS) is 16.5. The first-order chi connectivity index (χ1) is 6.31. The van der Waals surface area contributed by atoms with Crippen molar-refractivity contribution in [3.8, 4) is 5.75 Å². The standard InChI is InChI=1S/C10H14N2O/c1-12-10(11)8-2-3-9-7(6-8)4-5-13-9/h2-3,6,10,12H,4-5,11H2,1H3. The zero-order chi connectivity index (χ0) is 9.26. The molecule has 0 aromatic heterocycles. The fraction of sp³-hybridized carbons (Fsp3) is 0.400. The molecule has 70 valence electrons. The Bertz CT molecular complexity index is 312. The summed E-state index contributed by atoms with van der Waals surface area (Å²) in [6.45, 7) is 0.799. The zero-order valence-corrected chi connectivity index (χ0v) is 7.71. The van der Waals surface area contributed by atoms with E-state index in [0.717, 1.165) is 24.3 Å². The van der Waals surface area contributed by atoms with Gasteiger partial charge in [0.2, 0.25) is 0 Å². The van der Waals surface area contributed by atoms with Crippen LogP contribution in [0.3, 0.4) is 0 Å². The van der Waals surface area contributed by atoms with Gasteiger partial charge in [-0.05, 0) is 30.3 Å². The molecule has 1 atom stereocenters. The van der Waals surface area contributed by atoms with Crippen LogP contribution in [0.2, 0.25) is 0 Å². The minimum Gasteiger partial charge on any atom is -0.493 e.